The molecule has 2 atom stereocenters. The number of hydrogen-bond acceptors (Lipinski definition) is 5. The smallest absolute Gasteiger partial charge is 0.310 e. The van der Waals surface area contributed by atoms with Gasteiger partial charge in [0.25, 0.3) is 0 Å². The molecule has 0 spiro atoms. The average molecular weight is 296 g/mol. The molecule has 1 aromatic rings. The molecule has 2 heterocycles. The van der Waals surface area contributed by atoms with Gasteiger partial charge >= 0.3 is 5.97 Å². The van der Waals surface area contributed by atoms with E-state index in [-0.39, 0.29) is 12.6 Å². The van der Waals surface area contributed by atoms with E-state index in [2.05, 4.69) is 28.8 Å². The molecule has 0 aliphatic carbocycles. The number of aliphatic carboxylic acids is 1. The zero-order valence-corrected chi connectivity index (χ0v) is 12.9. The van der Waals surface area contributed by atoms with Crippen LogP contribution in [0.4, 0.5) is 0 Å². The summed E-state index contributed by atoms with van der Waals surface area (Å²) in [6.07, 6.45) is 1.56. The van der Waals surface area contributed by atoms with Gasteiger partial charge in [-0.2, -0.15) is 5.10 Å². The van der Waals surface area contributed by atoms with Gasteiger partial charge in [0.05, 0.1) is 25.7 Å². The van der Waals surface area contributed by atoms with E-state index in [0.29, 0.717) is 19.1 Å². The van der Waals surface area contributed by atoms with Crippen LogP contribution in [0.25, 0.3) is 0 Å². The number of carboxylic acids is 1. The van der Waals surface area contributed by atoms with Crippen molar-refractivity contribution < 1.29 is 14.6 Å². The lowest BCUT2D eigenvalue weighted by molar-refractivity contribution is -0.143. The Morgan fingerprint density at radius 1 is 1.57 bits per heavy atom. The molecule has 7 heteroatoms. The van der Waals surface area contributed by atoms with Gasteiger partial charge in [0.1, 0.15) is 12.2 Å². The van der Waals surface area contributed by atoms with Crippen molar-refractivity contribution in [1.82, 2.24) is 19.7 Å². The van der Waals surface area contributed by atoms with Gasteiger partial charge in [-0.25, -0.2) is 9.67 Å². The van der Waals surface area contributed by atoms with Crippen LogP contribution in [0.1, 0.15) is 26.6 Å². The Labute approximate surface area is 124 Å². The van der Waals surface area contributed by atoms with Crippen molar-refractivity contribution in [1.29, 1.82) is 0 Å². The normalized spacial score (nSPS) is 22.3. The van der Waals surface area contributed by atoms with E-state index in [0.717, 1.165) is 18.9 Å². The van der Waals surface area contributed by atoms with E-state index in [1.165, 1.54) is 0 Å². The third-order valence-corrected chi connectivity index (χ3v) is 3.82. The van der Waals surface area contributed by atoms with E-state index in [1.807, 2.05) is 11.6 Å². The molecule has 2 rings (SSSR count). The van der Waals surface area contributed by atoms with E-state index >= 15 is 0 Å². The van der Waals surface area contributed by atoms with Crippen molar-refractivity contribution in [3.8, 4) is 0 Å². The number of ether oxygens (including phenoxy) is 1. The predicted octanol–water partition coefficient (Wildman–Crippen LogP) is 0.856. The fourth-order valence-electron chi connectivity index (χ4n) is 2.69. The molecule has 1 aliphatic rings. The van der Waals surface area contributed by atoms with E-state index in [1.54, 1.807) is 6.33 Å². The number of hydrogen-bond donors (Lipinski definition) is 1. The van der Waals surface area contributed by atoms with Gasteiger partial charge in [-0.15, -0.1) is 0 Å². The fourth-order valence-corrected chi connectivity index (χ4v) is 2.69. The maximum absolute atomic E-state index is 11.3. The van der Waals surface area contributed by atoms with Crippen molar-refractivity contribution in [2.75, 3.05) is 19.8 Å². The maximum atomic E-state index is 11.3. The third kappa shape index (κ3) is 3.79. The summed E-state index contributed by atoms with van der Waals surface area (Å²) in [5, 5.41) is 13.5. The second-order valence-corrected chi connectivity index (χ2v) is 5.86. The molecular weight excluding hydrogens is 272 g/mol. The second kappa shape index (κ2) is 7.00. The van der Waals surface area contributed by atoms with Crippen LogP contribution in [0, 0.1) is 11.8 Å². The van der Waals surface area contributed by atoms with Crippen LogP contribution < -0.4 is 0 Å². The van der Waals surface area contributed by atoms with Crippen molar-refractivity contribution in [2.45, 2.75) is 39.9 Å². The van der Waals surface area contributed by atoms with Gasteiger partial charge in [0.2, 0.25) is 0 Å². The summed E-state index contributed by atoms with van der Waals surface area (Å²) in [5.41, 5.74) is 0. The van der Waals surface area contributed by atoms with Gasteiger partial charge < -0.3 is 9.84 Å². The van der Waals surface area contributed by atoms with Crippen molar-refractivity contribution >= 4 is 5.97 Å². The van der Waals surface area contributed by atoms with Crippen LogP contribution in [-0.4, -0.2) is 56.5 Å². The summed E-state index contributed by atoms with van der Waals surface area (Å²) in [5.74, 6) is 0.106. The van der Waals surface area contributed by atoms with Crippen molar-refractivity contribution in [2.24, 2.45) is 11.8 Å². The predicted molar refractivity (Wildman–Crippen MR) is 76.7 cm³/mol. The number of rotatable bonds is 7. The Balaban J connectivity index is 2.09. The molecule has 1 aromatic heterocycles. The Kier molecular flexibility index (Phi) is 5.30. The Hall–Kier alpha value is -1.47. The van der Waals surface area contributed by atoms with Crippen LogP contribution >= 0.6 is 0 Å². The summed E-state index contributed by atoms with van der Waals surface area (Å²) < 4.78 is 7.26. The Bertz CT molecular complexity index is 475. The van der Waals surface area contributed by atoms with E-state index < -0.39 is 11.9 Å². The highest BCUT2D eigenvalue weighted by atomic mass is 16.5. The molecule has 1 N–H and O–H groups in total. The Morgan fingerprint density at radius 2 is 2.33 bits per heavy atom. The molecule has 2 unspecified atom stereocenters. The summed E-state index contributed by atoms with van der Waals surface area (Å²) in [6, 6.07) is -0.100. The number of likely N-dealkylation sites (N-methyl/N-ethyl adjacent to an activating group) is 1. The molecule has 21 heavy (non-hydrogen) atoms. The first-order chi connectivity index (χ1) is 10.0. The minimum Gasteiger partial charge on any atom is -0.481 e. The lowest BCUT2D eigenvalue weighted by atomic mass is 10.0. The van der Waals surface area contributed by atoms with Gasteiger partial charge in [0.15, 0.2) is 0 Å². The highest BCUT2D eigenvalue weighted by Crippen LogP contribution is 2.21. The van der Waals surface area contributed by atoms with Crippen LogP contribution in [-0.2, 0) is 22.6 Å². The highest BCUT2D eigenvalue weighted by molar-refractivity contribution is 5.71. The number of carbonyl (C=O) groups is 1. The largest absolute Gasteiger partial charge is 0.481 e. The molecule has 0 bridgehead atoms. The summed E-state index contributed by atoms with van der Waals surface area (Å²) in [4.78, 5) is 17.7. The van der Waals surface area contributed by atoms with Crippen LogP contribution in [0.3, 0.4) is 0 Å². The maximum Gasteiger partial charge on any atom is 0.310 e. The second-order valence-electron chi connectivity index (χ2n) is 5.86. The SMILES string of the molecule is CCN(Cc1ncnn1CC(C)C)C1COCC1C(=O)O. The first-order valence-corrected chi connectivity index (χ1v) is 7.44. The fraction of sp³-hybridized carbons (Fsp3) is 0.786. The van der Waals surface area contributed by atoms with E-state index in [9.17, 15) is 9.90 Å². The standard InChI is InChI=1S/C14H24N4O3/c1-4-17(12-8-21-7-11(12)14(19)20)6-13-15-9-16-18(13)5-10(2)3/h9-12H,4-8H2,1-3H3,(H,19,20). The topological polar surface area (TPSA) is 80.5 Å². The molecule has 0 saturated carbocycles. The number of aromatic nitrogens is 3. The molecule has 0 amide bonds. The van der Waals surface area contributed by atoms with Crippen LogP contribution in [0.15, 0.2) is 6.33 Å². The summed E-state index contributed by atoms with van der Waals surface area (Å²) >= 11 is 0. The van der Waals surface area contributed by atoms with Gasteiger partial charge in [-0.3, -0.25) is 9.69 Å². The summed E-state index contributed by atoms with van der Waals surface area (Å²) in [7, 11) is 0. The molecule has 1 fully saturated rings. The average Bonchev–Trinajstić information content (AvgIpc) is 3.04. The minimum atomic E-state index is -0.792. The zero-order valence-electron chi connectivity index (χ0n) is 12.9. The molecule has 0 radical (unpaired) electrons. The molecule has 0 aromatic carbocycles. The third-order valence-electron chi connectivity index (χ3n) is 3.82. The molecule has 1 saturated heterocycles. The van der Waals surface area contributed by atoms with Gasteiger partial charge in [-0.05, 0) is 12.5 Å². The van der Waals surface area contributed by atoms with Crippen LogP contribution in [0.5, 0.6) is 0 Å². The lowest BCUT2D eigenvalue weighted by Crippen LogP contribution is -2.43. The lowest BCUT2D eigenvalue weighted by Gasteiger charge is -2.28. The van der Waals surface area contributed by atoms with Crippen LogP contribution in [0.2, 0.25) is 0 Å². The monoisotopic (exact) mass is 296 g/mol. The van der Waals surface area contributed by atoms with Gasteiger partial charge in [0, 0.05) is 12.6 Å². The number of nitrogens with zero attached hydrogens (tertiary/aromatic N) is 4. The molecular formula is C14H24N4O3. The minimum absolute atomic E-state index is 0.100. The molecule has 7 nitrogen and oxygen atoms in total. The Morgan fingerprint density at radius 3 is 2.95 bits per heavy atom. The summed E-state index contributed by atoms with van der Waals surface area (Å²) in [6.45, 7) is 9.21. The molecule has 118 valence electrons. The molecule has 1 aliphatic heterocycles. The first-order valence-electron chi connectivity index (χ1n) is 7.44. The number of carboxylic acid groups (broad SMARTS) is 1. The highest BCUT2D eigenvalue weighted by Gasteiger charge is 2.37. The van der Waals surface area contributed by atoms with Gasteiger partial charge in [-0.1, -0.05) is 20.8 Å². The quantitative estimate of drug-likeness (QED) is 0.803. The van der Waals surface area contributed by atoms with E-state index in [4.69, 9.17) is 4.74 Å². The van der Waals surface area contributed by atoms with Crippen molar-refractivity contribution in [3.63, 3.8) is 0 Å². The van der Waals surface area contributed by atoms with Crippen molar-refractivity contribution in [3.05, 3.63) is 12.2 Å². The first kappa shape index (κ1) is 15.9. The zero-order chi connectivity index (χ0) is 15.4.